The van der Waals surface area contributed by atoms with Gasteiger partial charge in [0.2, 0.25) is 15.9 Å². The number of nitrogens with zero attached hydrogens (tertiary/aromatic N) is 1. The molecule has 0 aromatic heterocycles. The highest BCUT2D eigenvalue weighted by atomic mass is 32.2. The van der Waals surface area contributed by atoms with Crippen molar-refractivity contribution in [2.45, 2.75) is 25.0 Å². The van der Waals surface area contributed by atoms with Gasteiger partial charge >= 0.3 is 0 Å². The summed E-state index contributed by atoms with van der Waals surface area (Å²) in [7, 11) is -2.08. The number of hydrogen-bond donors (Lipinski definition) is 1. The number of benzene rings is 1. The number of likely N-dealkylation sites (N-methyl/N-ethyl adjacent to an activating group) is 1. The van der Waals surface area contributed by atoms with Crippen LogP contribution in [-0.2, 0) is 19.6 Å². The molecule has 0 unspecified atom stereocenters. The highest BCUT2D eigenvalue weighted by Crippen LogP contribution is 2.22. The summed E-state index contributed by atoms with van der Waals surface area (Å²) in [5.74, 6) is -0.338. The minimum Gasteiger partial charge on any atom is -0.376 e. The zero-order chi connectivity index (χ0) is 16.2. The smallest absolute Gasteiger partial charge is 0.243 e. The van der Waals surface area contributed by atoms with E-state index in [1.807, 2.05) is 6.07 Å². The molecule has 1 saturated heterocycles. The van der Waals surface area contributed by atoms with E-state index in [0.717, 1.165) is 23.4 Å². The van der Waals surface area contributed by atoms with Crippen LogP contribution >= 0.6 is 0 Å². The first-order chi connectivity index (χ1) is 10.4. The lowest BCUT2D eigenvalue weighted by atomic mass is 10.1. The Morgan fingerprint density at radius 1 is 1.41 bits per heavy atom. The van der Waals surface area contributed by atoms with Crippen molar-refractivity contribution in [1.82, 2.24) is 9.62 Å². The fraction of sp³-hybridized carbons (Fsp3) is 0.533. The van der Waals surface area contributed by atoms with Crippen LogP contribution < -0.4 is 5.32 Å². The minimum absolute atomic E-state index is 0.0175. The third kappa shape index (κ3) is 4.28. The predicted molar refractivity (Wildman–Crippen MR) is 83.8 cm³/mol. The molecule has 7 heteroatoms. The Bertz CT molecular complexity index is 597. The van der Waals surface area contributed by atoms with Gasteiger partial charge in [0.15, 0.2) is 0 Å². The standard InChI is InChI=1S/C15H22N2O4S/c1-17(22(2,19)20)14(12-7-4-3-5-8-12)15(18)16-11-13-9-6-10-21-13/h3-5,7-8,13-14H,6,9-11H2,1-2H3,(H,16,18)/t13-,14+/m1/s1. The van der Waals surface area contributed by atoms with Crippen molar-refractivity contribution in [3.8, 4) is 0 Å². The highest BCUT2D eigenvalue weighted by Gasteiger charge is 2.31. The lowest BCUT2D eigenvalue weighted by Gasteiger charge is -2.26. The molecule has 22 heavy (non-hydrogen) atoms. The molecule has 1 aliphatic heterocycles. The molecule has 122 valence electrons. The molecule has 0 bridgehead atoms. The lowest BCUT2D eigenvalue weighted by molar-refractivity contribution is -0.125. The van der Waals surface area contributed by atoms with Crippen molar-refractivity contribution < 1.29 is 17.9 Å². The Labute approximate surface area is 131 Å². The van der Waals surface area contributed by atoms with E-state index >= 15 is 0 Å². The van der Waals surface area contributed by atoms with E-state index in [1.54, 1.807) is 24.3 Å². The molecule has 1 aliphatic rings. The maximum absolute atomic E-state index is 12.5. The van der Waals surface area contributed by atoms with Crippen LogP contribution in [0, 0.1) is 0 Å². The summed E-state index contributed by atoms with van der Waals surface area (Å²) in [6, 6.07) is 8.01. The number of nitrogens with one attached hydrogen (secondary N) is 1. The lowest BCUT2D eigenvalue weighted by Crippen LogP contribution is -2.43. The van der Waals surface area contributed by atoms with Crippen LogP contribution in [0.5, 0.6) is 0 Å². The molecule has 2 rings (SSSR count). The predicted octanol–water partition coefficient (Wildman–Crippen LogP) is 0.914. The summed E-state index contributed by atoms with van der Waals surface area (Å²) >= 11 is 0. The fourth-order valence-corrected chi connectivity index (χ4v) is 3.07. The molecule has 1 aromatic rings. The zero-order valence-electron chi connectivity index (χ0n) is 12.9. The number of ether oxygens (including phenoxy) is 1. The summed E-state index contributed by atoms with van der Waals surface area (Å²) in [5.41, 5.74) is 0.639. The Morgan fingerprint density at radius 2 is 2.09 bits per heavy atom. The van der Waals surface area contributed by atoms with Crippen LogP contribution in [0.1, 0.15) is 24.4 Å². The maximum atomic E-state index is 12.5. The van der Waals surface area contributed by atoms with Gasteiger partial charge < -0.3 is 10.1 Å². The molecule has 0 spiro atoms. The number of rotatable bonds is 6. The topological polar surface area (TPSA) is 75.7 Å². The summed E-state index contributed by atoms with van der Waals surface area (Å²) < 4.78 is 30.2. The average Bonchev–Trinajstić information content (AvgIpc) is 2.99. The van der Waals surface area contributed by atoms with Crippen molar-refractivity contribution in [3.05, 3.63) is 35.9 Å². The first-order valence-corrected chi connectivity index (χ1v) is 9.11. The molecule has 2 atom stereocenters. The summed E-state index contributed by atoms with van der Waals surface area (Å²) in [4.78, 5) is 12.5. The van der Waals surface area contributed by atoms with Crippen LogP contribution in [0.15, 0.2) is 30.3 Å². The molecular formula is C15H22N2O4S. The monoisotopic (exact) mass is 326 g/mol. The molecule has 1 aromatic carbocycles. The summed E-state index contributed by atoms with van der Waals surface area (Å²) in [6.07, 6.45) is 3.02. The summed E-state index contributed by atoms with van der Waals surface area (Å²) in [6.45, 7) is 1.12. The third-order valence-corrected chi connectivity index (χ3v) is 5.04. The van der Waals surface area contributed by atoms with Gasteiger partial charge in [0.25, 0.3) is 0 Å². The molecule has 0 aliphatic carbocycles. The van der Waals surface area contributed by atoms with Gasteiger partial charge in [-0.25, -0.2) is 8.42 Å². The van der Waals surface area contributed by atoms with Crippen LogP contribution in [0.3, 0.4) is 0 Å². The van der Waals surface area contributed by atoms with Gasteiger partial charge in [0, 0.05) is 20.2 Å². The molecule has 1 heterocycles. The molecule has 0 radical (unpaired) electrons. The SMILES string of the molecule is CN([C@H](C(=O)NC[C@H]1CCCO1)c1ccccc1)S(C)(=O)=O. The van der Waals surface area contributed by atoms with E-state index in [-0.39, 0.29) is 12.0 Å². The van der Waals surface area contributed by atoms with Crippen molar-refractivity contribution in [3.63, 3.8) is 0 Å². The average molecular weight is 326 g/mol. The highest BCUT2D eigenvalue weighted by molar-refractivity contribution is 7.88. The van der Waals surface area contributed by atoms with Crippen molar-refractivity contribution in [2.24, 2.45) is 0 Å². The van der Waals surface area contributed by atoms with Gasteiger partial charge in [-0.05, 0) is 18.4 Å². The Hall–Kier alpha value is -1.44. The van der Waals surface area contributed by atoms with E-state index in [9.17, 15) is 13.2 Å². The summed E-state index contributed by atoms with van der Waals surface area (Å²) in [5, 5.41) is 2.81. The normalized spacial score (nSPS) is 20.0. The Balaban J connectivity index is 2.14. The van der Waals surface area contributed by atoms with Gasteiger partial charge in [-0.2, -0.15) is 4.31 Å². The van der Waals surface area contributed by atoms with Crippen LogP contribution in [-0.4, -0.2) is 51.2 Å². The van der Waals surface area contributed by atoms with Gasteiger partial charge in [-0.15, -0.1) is 0 Å². The van der Waals surface area contributed by atoms with Crippen molar-refractivity contribution in [1.29, 1.82) is 0 Å². The fourth-order valence-electron chi connectivity index (χ4n) is 2.47. The molecule has 6 nitrogen and oxygen atoms in total. The molecule has 0 saturated carbocycles. The molecule has 1 amide bonds. The number of sulfonamides is 1. The number of hydrogen-bond acceptors (Lipinski definition) is 4. The van der Waals surface area contributed by atoms with Crippen LogP contribution in [0.2, 0.25) is 0 Å². The second kappa shape index (κ2) is 7.21. The van der Waals surface area contributed by atoms with Crippen LogP contribution in [0.25, 0.3) is 0 Å². The van der Waals surface area contributed by atoms with Crippen LogP contribution in [0.4, 0.5) is 0 Å². The first kappa shape index (κ1) is 16.9. The van der Waals surface area contributed by atoms with E-state index in [0.29, 0.717) is 18.7 Å². The first-order valence-electron chi connectivity index (χ1n) is 7.27. The third-order valence-electron chi connectivity index (χ3n) is 3.78. The van der Waals surface area contributed by atoms with E-state index in [2.05, 4.69) is 5.32 Å². The van der Waals surface area contributed by atoms with Crippen molar-refractivity contribution in [2.75, 3.05) is 26.5 Å². The van der Waals surface area contributed by atoms with Gasteiger partial charge in [-0.3, -0.25) is 4.79 Å². The molecular weight excluding hydrogens is 304 g/mol. The quantitative estimate of drug-likeness (QED) is 0.843. The largest absolute Gasteiger partial charge is 0.376 e. The number of carbonyl (C=O) groups excluding carboxylic acids is 1. The Kier molecular flexibility index (Phi) is 5.55. The number of carbonyl (C=O) groups is 1. The minimum atomic E-state index is -3.49. The maximum Gasteiger partial charge on any atom is 0.243 e. The zero-order valence-corrected chi connectivity index (χ0v) is 13.7. The molecule has 1 N–H and O–H groups in total. The van der Waals surface area contributed by atoms with Gasteiger partial charge in [0.1, 0.15) is 6.04 Å². The van der Waals surface area contributed by atoms with E-state index < -0.39 is 16.1 Å². The second-order valence-electron chi connectivity index (χ2n) is 5.47. The van der Waals surface area contributed by atoms with Crippen molar-refractivity contribution >= 4 is 15.9 Å². The second-order valence-corrected chi connectivity index (χ2v) is 7.51. The van der Waals surface area contributed by atoms with Gasteiger partial charge in [-0.1, -0.05) is 30.3 Å². The molecule has 1 fully saturated rings. The Morgan fingerprint density at radius 3 is 2.64 bits per heavy atom. The number of amides is 1. The van der Waals surface area contributed by atoms with Gasteiger partial charge in [0.05, 0.1) is 12.4 Å². The van der Waals surface area contributed by atoms with E-state index in [1.165, 1.54) is 7.05 Å². The van der Waals surface area contributed by atoms with E-state index in [4.69, 9.17) is 4.74 Å².